The van der Waals surface area contributed by atoms with Crippen LogP contribution in [0.25, 0.3) is 0 Å². The number of carbonyl (C=O) groups is 1. The molecule has 3 unspecified atom stereocenters. The normalized spacial score (nSPS) is 65.6. The Balaban J connectivity index is 1.32. The van der Waals surface area contributed by atoms with Gasteiger partial charge in [-0.15, -0.1) is 0 Å². The van der Waals surface area contributed by atoms with Crippen LogP contribution in [0.15, 0.2) is 0 Å². The summed E-state index contributed by atoms with van der Waals surface area (Å²) >= 11 is 0. The molecule has 0 aromatic rings. The van der Waals surface area contributed by atoms with Crippen LogP contribution >= 0.6 is 0 Å². The van der Waals surface area contributed by atoms with Gasteiger partial charge in [-0.1, -0.05) is 20.8 Å². The average Bonchev–Trinajstić information content (AvgIpc) is 3.03. The van der Waals surface area contributed by atoms with Gasteiger partial charge < -0.3 is 9.47 Å². The lowest BCUT2D eigenvalue weighted by molar-refractivity contribution is -0.157. The zero-order chi connectivity index (χ0) is 16.5. The summed E-state index contributed by atoms with van der Waals surface area (Å²) in [6.07, 6.45) is 9.35. The standard InChI is InChI=1S/C21H30O3/c1-11-15-9-21(17(23-15)16(11)24-18(21)22)8-14-12-4-19(2)5-13(14)7-20(3,6-12)10-19/h11-17H,4-10H2,1-3H3/t11-,12?,13?,14?,15?,16?,17?,19-,20-,21-/m1/s1. The highest BCUT2D eigenvalue weighted by Gasteiger charge is 2.72. The first-order valence-electron chi connectivity index (χ1n) is 10.2. The minimum Gasteiger partial charge on any atom is -0.459 e. The quantitative estimate of drug-likeness (QED) is 0.719. The van der Waals surface area contributed by atoms with Crippen LogP contribution in [0.5, 0.6) is 0 Å². The Bertz CT molecular complexity index is 591. The molecular weight excluding hydrogens is 300 g/mol. The number of fused-ring (bicyclic) bond motifs is 1. The number of esters is 1. The van der Waals surface area contributed by atoms with Gasteiger partial charge in [0.1, 0.15) is 17.6 Å². The van der Waals surface area contributed by atoms with Crippen LogP contribution in [0, 0.1) is 39.9 Å². The summed E-state index contributed by atoms with van der Waals surface area (Å²) in [6, 6.07) is 0. The molecule has 132 valence electrons. The van der Waals surface area contributed by atoms with Crippen LogP contribution in [0.3, 0.4) is 0 Å². The van der Waals surface area contributed by atoms with E-state index >= 15 is 0 Å². The van der Waals surface area contributed by atoms with Gasteiger partial charge in [0, 0.05) is 5.92 Å². The van der Waals surface area contributed by atoms with E-state index in [-0.39, 0.29) is 29.7 Å². The molecule has 0 radical (unpaired) electrons. The smallest absolute Gasteiger partial charge is 0.315 e. The molecule has 3 heterocycles. The topological polar surface area (TPSA) is 35.5 Å². The monoisotopic (exact) mass is 330 g/mol. The Morgan fingerprint density at radius 1 is 1.04 bits per heavy atom. The van der Waals surface area contributed by atoms with E-state index < -0.39 is 0 Å². The maximum atomic E-state index is 12.9. The summed E-state index contributed by atoms with van der Waals surface area (Å²) in [5.74, 6) is 2.87. The highest BCUT2D eigenvalue weighted by atomic mass is 16.6. The van der Waals surface area contributed by atoms with Crippen molar-refractivity contribution in [3.63, 3.8) is 0 Å². The van der Waals surface area contributed by atoms with Gasteiger partial charge in [0.25, 0.3) is 0 Å². The van der Waals surface area contributed by atoms with Crippen LogP contribution in [-0.4, -0.2) is 24.3 Å². The Morgan fingerprint density at radius 2 is 1.67 bits per heavy atom. The van der Waals surface area contributed by atoms with E-state index in [4.69, 9.17) is 9.47 Å². The third kappa shape index (κ3) is 1.57. The van der Waals surface area contributed by atoms with Gasteiger partial charge in [-0.2, -0.15) is 0 Å². The molecule has 3 aliphatic heterocycles. The van der Waals surface area contributed by atoms with E-state index in [1.54, 1.807) is 0 Å². The first-order valence-corrected chi connectivity index (χ1v) is 10.2. The maximum Gasteiger partial charge on any atom is 0.315 e. The van der Waals surface area contributed by atoms with Crippen molar-refractivity contribution in [2.24, 2.45) is 39.9 Å². The van der Waals surface area contributed by atoms with Crippen molar-refractivity contribution in [1.82, 2.24) is 0 Å². The first-order chi connectivity index (χ1) is 11.3. The van der Waals surface area contributed by atoms with Crippen molar-refractivity contribution in [3.8, 4) is 0 Å². The third-order valence-electron chi connectivity index (χ3n) is 9.17. The summed E-state index contributed by atoms with van der Waals surface area (Å²) in [6.45, 7) is 7.25. The molecule has 4 aliphatic carbocycles. The molecule has 7 aliphatic rings. The largest absolute Gasteiger partial charge is 0.459 e. The molecule has 7 rings (SSSR count). The molecule has 4 saturated carbocycles. The molecule has 0 spiro atoms. The van der Waals surface area contributed by atoms with Crippen molar-refractivity contribution in [3.05, 3.63) is 0 Å². The molecule has 0 aromatic carbocycles. The predicted molar refractivity (Wildman–Crippen MR) is 89.1 cm³/mol. The molecular formula is C21H30O3. The Hall–Kier alpha value is -0.570. The second-order valence-electron chi connectivity index (χ2n) is 11.2. The molecule has 3 heteroatoms. The SMILES string of the molecule is C[C@@H]1C2C[C@@]3(CC4C5C[C@]6(C)CC4C[C@@](C)(C5)C6)C(=O)OC1C3O2. The first kappa shape index (κ1) is 14.6. The van der Waals surface area contributed by atoms with Crippen molar-refractivity contribution < 1.29 is 14.3 Å². The maximum absolute atomic E-state index is 12.9. The summed E-state index contributed by atoms with van der Waals surface area (Å²) in [7, 11) is 0. The van der Waals surface area contributed by atoms with Crippen molar-refractivity contribution in [1.29, 1.82) is 0 Å². The Kier molecular flexibility index (Phi) is 2.46. The zero-order valence-electron chi connectivity index (χ0n) is 15.2. The lowest BCUT2D eigenvalue weighted by Gasteiger charge is -2.64. The molecule has 0 N–H and O–H groups in total. The Labute approximate surface area is 144 Å². The third-order valence-corrected chi connectivity index (χ3v) is 9.17. The summed E-state index contributed by atoms with van der Waals surface area (Å²) in [5, 5.41) is 0. The average molecular weight is 330 g/mol. The molecule has 0 aromatic heterocycles. The molecule has 5 atom stereocenters. The van der Waals surface area contributed by atoms with E-state index in [9.17, 15) is 4.79 Å². The van der Waals surface area contributed by atoms with E-state index in [1.807, 2.05) is 0 Å². The fraction of sp³-hybridized carbons (Fsp3) is 0.952. The highest BCUT2D eigenvalue weighted by Crippen LogP contribution is 2.69. The van der Waals surface area contributed by atoms with Crippen molar-refractivity contribution in [2.75, 3.05) is 0 Å². The second kappa shape index (κ2) is 4.05. The van der Waals surface area contributed by atoms with Gasteiger partial charge in [0.2, 0.25) is 0 Å². The lowest BCUT2D eigenvalue weighted by Crippen LogP contribution is -2.55. The fourth-order valence-corrected chi connectivity index (χ4v) is 8.83. The van der Waals surface area contributed by atoms with E-state index in [2.05, 4.69) is 20.8 Å². The van der Waals surface area contributed by atoms with E-state index in [0.717, 1.165) is 30.6 Å². The van der Waals surface area contributed by atoms with Crippen LogP contribution in [0.1, 0.15) is 65.7 Å². The van der Waals surface area contributed by atoms with Gasteiger partial charge in [0.05, 0.1) is 6.10 Å². The van der Waals surface area contributed by atoms with Gasteiger partial charge >= 0.3 is 5.97 Å². The second-order valence-corrected chi connectivity index (χ2v) is 11.2. The van der Waals surface area contributed by atoms with Gasteiger partial charge in [-0.25, -0.2) is 0 Å². The molecule has 7 fully saturated rings. The summed E-state index contributed by atoms with van der Waals surface area (Å²) in [5.41, 5.74) is 0.865. The summed E-state index contributed by atoms with van der Waals surface area (Å²) in [4.78, 5) is 12.9. The van der Waals surface area contributed by atoms with Crippen LogP contribution < -0.4 is 0 Å². The van der Waals surface area contributed by atoms with Gasteiger partial charge in [-0.3, -0.25) is 4.79 Å². The Morgan fingerprint density at radius 3 is 2.25 bits per heavy atom. The zero-order valence-corrected chi connectivity index (χ0v) is 15.2. The number of hydrogen-bond acceptors (Lipinski definition) is 3. The van der Waals surface area contributed by atoms with Crippen LogP contribution in [0.2, 0.25) is 0 Å². The van der Waals surface area contributed by atoms with E-state index in [0.29, 0.717) is 16.7 Å². The van der Waals surface area contributed by atoms with Crippen LogP contribution in [-0.2, 0) is 14.3 Å². The van der Waals surface area contributed by atoms with Crippen molar-refractivity contribution in [2.45, 2.75) is 84.0 Å². The number of carbonyl (C=O) groups excluding carboxylic acids is 1. The summed E-state index contributed by atoms with van der Waals surface area (Å²) < 4.78 is 12.1. The van der Waals surface area contributed by atoms with Gasteiger partial charge in [-0.05, 0) is 73.5 Å². The minimum atomic E-state index is -0.288. The van der Waals surface area contributed by atoms with Gasteiger partial charge in [0.15, 0.2) is 0 Å². The van der Waals surface area contributed by atoms with Crippen LogP contribution in [0.4, 0.5) is 0 Å². The predicted octanol–water partition coefficient (Wildman–Crippen LogP) is 3.95. The molecule has 0 amide bonds. The molecule has 24 heavy (non-hydrogen) atoms. The lowest BCUT2D eigenvalue weighted by atomic mass is 9.41. The fourth-order valence-electron chi connectivity index (χ4n) is 8.83. The highest BCUT2D eigenvalue weighted by molar-refractivity contribution is 5.81. The molecule has 3 nitrogen and oxygen atoms in total. The number of rotatable bonds is 2. The molecule has 3 saturated heterocycles. The minimum absolute atomic E-state index is 0.0446. The number of ether oxygens (including phenoxy) is 2. The number of hydrogen-bond donors (Lipinski definition) is 0. The van der Waals surface area contributed by atoms with Crippen molar-refractivity contribution >= 4 is 5.97 Å². The molecule has 6 bridgehead atoms. The van der Waals surface area contributed by atoms with E-state index in [1.165, 1.54) is 32.1 Å².